The number of rotatable bonds is 7. The Morgan fingerprint density at radius 2 is 2.21 bits per heavy atom. The summed E-state index contributed by atoms with van der Waals surface area (Å²) in [5.41, 5.74) is 2.32. The van der Waals surface area contributed by atoms with Gasteiger partial charge in [-0.25, -0.2) is 0 Å². The second-order valence-electron chi connectivity index (χ2n) is 6.49. The Balaban J connectivity index is 1.48. The van der Waals surface area contributed by atoms with Crippen molar-refractivity contribution in [1.29, 1.82) is 0 Å². The molecule has 0 spiro atoms. The summed E-state index contributed by atoms with van der Waals surface area (Å²) >= 11 is 0. The van der Waals surface area contributed by atoms with Gasteiger partial charge in [-0.3, -0.25) is 9.59 Å². The van der Waals surface area contributed by atoms with Gasteiger partial charge in [0.05, 0.1) is 5.92 Å². The quantitative estimate of drug-likeness (QED) is 0.820. The van der Waals surface area contributed by atoms with Gasteiger partial charge in [0, 0.05) is 43.2 Å². The van der Waals surface area contributed by atoms with Crippen LogP contribution in [0.3, 0.4) is 0 Å². The number of aromatic nitrogens is 1. The minimum absolute atomic E-state index is 0.00203. The third-order valence-corrected chi connectivity index (χ3v) is 4.74. The summed E-state index contributed by atoms with van der Waals surface area (Å²) in [6.45, 7) is 4.04. The van der Waals surface area contributed by atoms with E-state index in [9.17, 15) is 9.59 Å². The molecular weight excluding hydrogens is 302 g/mol. The van der Waals surface area contributed by atoms with E-state index in [-0.39, 0.29) is 17.7 Å². The highest BCUT2D eigenvalue weighted by atomic mass is 16.2. The molecule has 128 valence electrons. The zero-order valence-electron chi connectivity index (χ0n) is 14.2. The molecule has 0 radical (unpaired) electrons. The van der Waals surface area contributed by atoms with E-state index >= 15 is 0 Å². The summed E-state index contributed by atoms with van der Waals surface area (Å²) in [6.07, 6.45) is 5.20. The third kappa shape index (κ3) is 3.61. The fraction of sp³-hybridized carbons (Fsp3) is 0.474. The van der Waals surface area contributed by atoms with E-state index in [1.54, 1.807) is 0 Å². The topological polar surface area (TPSA) is 65.2 Å². The molecule has 1 atom stereocenters. The first-order valence-electron chi connectivity index (χ1n) is 8.79. The molecule has 24 heavy (non-hydrogen) atoms. The number of para-hydroxylation sites is 1. The summed E-state index contributed by atoms with van der Waals surface area (Å²) in [5.74, 6) is -0.0836. The first-order chi connectivity index (χ1) is 11.7. The summed E-state index contributed by atoms with van der Waals surface area (Å²) in [7, 11) is 0. The van der Waals surface area contributed by atoms with E-state index in [2.05, 4.69) is 23.3 Å². The number of benzene rings is 1. The predicted octanol–water partition coefficient (Wildman–Crippen LogP) is 2.48. The molecule has 1 aromatic carbocycles. The minimum Gasteiger partial charge on any atom is -0.361 e. The van der Waals surface area contributed by atoms with Gasteiger partial charge >= 0.3 is 0 Å². The van der Waals surface area contributed by atoms with Crippen molar-refractivity contribution >= 4 is 22.7 Å². The van der Waals surface area contributed by atoms with Crippen molar-refractivity contribution in [2.24, 2.45) is 5.92 Å². The van der Waals surface area contributed by atoms with E-state index in [4.69, 9.17) is 0 Å². The van der Waals surface area contributed by atoms with Crippen LogP contribution in [0.1, 0.15) is 31.7 Å². The van der Waals surface area contributed by atoms with Gasteiger partial charge < -0.3 is 15.2 Å². The minimum atomic E-state index is -0.197. The van der Waals surface area contributed by atoms with Crippen molar-refractivity contribution < 1.29 is 9.59 Å². The largest absolute Gasteiger partial charge is 0.361 e. The molecule has 1 aliphatic rings. The van der Waals surface area contributed by atoms with Crippen LogP contribution in [0.5, 0.6) is 0 Å². The number of carbonyl (C=O) groups is 2. The summed E-state index contributed by atoms with van der Waals surface area (Å²) in [5, 5.41) is 4.20. The first kappa shape index (κ1) is 16.6. The number of amides is 2. The van der Waals surface area contributed by atoms with E-state index in [1.807, 2.05) is 29.3 Å². The van der Waals surface area contributed by atoms with Crippen molar-refractivity contribution in [2.45, 2.75) is 32.6 Å². The van der Waals surface area contributed by atoms with Crippen molar-refractivity contribution in [2.75, 3.05) is 19.6 Å². The number of nitrogens with zero attached hydrogens (tertiary/aromatic N) is 1. The van der Waals surface area contributed by atoms with Crippen LogP contribution in [0.2, 0.25) is 0 Å². The Labute approximate surface area is 142 Å². The standard InChI is InChI=1S/C19H25N3O2/c1-2-3-10-22-13-15(11-18(22)23)19(24)20-9-8-14-12-21-17-7-5-4-6-16(14)17/h4-7,12,15,21H,2-3,8-11,13H2,1H3,(H,20,24). The molecule has 1 aromatic heterocycles. The average Bonchev–Trinajstić information content (AvgIpc) is 3.17. The molecule has 2 aromatic rings. The summed E-state index contributed by atoms with van der Waals surface area (Å²) in [6, 6.07) is 8.16. The van der Waals surface area contributed by atoms with Crippen LogP contribution in [-0.4, -0.2) is 41.3 Å². The van der Waals surface area contributed by atoms with Gasteiger partial charge in [0.15, 0.2) is 0 Å². The lowest BCUT2D eigenvalue weighted by Crippen LogP contribution is -2.34. The van der Waals surface area contributed by atoms with Crippen molar-refractivity contribution in [1.82, 2.24) is 15.2 Å². The van der Waals surface area contributed by atoms with E-state index in [0.29, 0.717) is 19.5 Å². The average molecular weight is 327 g/mol. The number of hydrogen-bond acceptors (Lipinski definition) is 2. The fourth-order valence-corrected chi connectivity index (χ4v) is 3.32. The second kappa shape index (κ2) is 7.51. The van der Waals surface area contributed by atoms with Gasteiger partial charge in [0.1, 0.15) is 0 Å². The molecule has 0 saturated carbocycles. The molecule has 2 amide bonds. The maximum absolute atomic E-state index is 12.3. The highest BCUT2D eigenvalue weighted by Crippen LogP contribution is 2.19. The number of fused-ring (bicyclic) bond motifs is 1. The summed E-state index contributed by atoms with van der Waals surface area (Å²) < 4.78 is 0. The third-order valence-electron chi connectivity index (χ3n) is 4.74. The van der Waals surface area contributed by atoms with Gasteiger partial charge in [-0.15, -0.1) is 0 Å². The van der Waals surface area contributed by atoms with Crippen LogP contribution >= 0.6 is 0 Å². The Morgan fingerprint density at radius 3 is 3.04 bits per heavy atom. The first-order valence-corrected chi connectivity index (χ1v) is 8.79. The lowest BCUT2D eigenvalue weighted by Gasteiger charge is -2.15. The molecular formula is C19H25N3O2. The molecule has 1 fully saturated rings. The van der Waals surface area contributed by atoms with E-state index in [1.165, 1.54) is 10.9 Å². The summed E-state index contributed by atoms with van der Waals surface area (Å²) in [4.78, 5) is 29.3. The molecule has 1 unspecified atom stereocenters. The number of unbranched alkanes of at least 4 members (excludes halogenated alkanes) is 1. The Kier molecular flexibility index (Phi) is 5.18. The van der Waals surface area contributed by atoms with Gasteiger partial charge in [0.25, 0.3) is 0 Å². The normalized spacial score (nSPS) is 17.6. The molecule has 2 N–H and O–H groups in total. The van der Waals surface area contributed by atoms with E-state index < -0.39 is 0 Å². The highest BCUT2D eigenvalue weighted by molar-refractivity contribution is 5.89. The smallest absolute Gasteiger partial charge is 0.225 e. The van der Waals surface area contributed by atoms with Gasteiger partial charge in [-0.2, -0.15) is 0 Å². The SMILES string of the molecule is CCCCN1CC(C(=O)NCCc2c[nH]c3ccccc23)CC1=O. The van der Waals surface area contributed by atoms with Gasteiger partial charge in [0.2, 0.25) is 11.8 Å². The molecule has 1 saturated heterocycles. The van der Waals surface area contributed by atoms with Crippen molar-refractivity contribution in [3.63, 3.8) is 0 Å². The molecule has 0 bridgehead atoms. The number of hydrogen-bond donors (Lipinski definition) is 2. The van der Waals surface area contributed by atoms with Crippen LogP contribution in [0.15, 0.2) is 30.5 Å². The van der Waals surface area contributed by atoms with Crippen LogP contribution in [-0.2, 0) is 16.0 Å². The van der Waals surface area contributed by atoms with Gasteiger partial charge in [-0.1, -0.05) is 31.5 Å². The molecule has 2 heterocycles. The molecule has 5 heteroatoms. The maximum Gasteiger partial charge on any atom is 0.225 e. The van der Waals surface area contributed by atoms with Crippen molar-refractivity contribution in [3.8, 4) is 0 Å². The second-order valence-corrected chi connectivity index (χ2v) is 6.49. The number of nitrogens with one attached hydrogen (secondary N) is 2. The van der Waals surface area contributed by atoms with Gasteiger partial charge in [-0.05, 0) is 24.5 Å². The number of H-pyrrole nitrogens is 1. The monoisotopic (exact) mass is 327 g/mol. The lowest BCUT2D eigenvalue weighted by atomic mass is 10.1. The molecule has 5 nitrogen and oxygen atoms in total. The fourth-order valence-electron chi connectivity index (χ4n) is 3.32. The number of carbonyl (C=O) groups excluding carboxylic acids is 2. The van der Waals surface area contributed by atoms with E-state index in [0.717, 1.165) is 31.3 Å². The Morgan fingerprint density at radius 1 is 1.38 bits per heavy atom. The van der Waals surface area contributed by atoms with Crippen LogP contribution in [0.4, 0.5) is 0 Å². The van der Waals surface area contributed by atoms with Crippen LogP contribution in [0, 0.1) is 5.92 Å². The van der Waals surface area contributed by atoms with Crippen molar-refractivity contribution in [3.05, 3.63) is 36.0 Å². The van der Waals surface area contributed by atoms with Crippen LogP contribution in [0.25, 0.3) is 10.9 Å². The Bertz CT molecular complexity index is 722. The molecule has 3 rings (SSSR count). The zero-order valence-corrected chi connectivity index (χ0v) is 14.2. The predicted molar refractivity (Wildman–Crippen MR) is 94.6 cm³/mol. The highest BCUT2D eigenvalue weighted by Gasteiger charge is 2.33. The molecule has 1 aliphatic heterocycles. The zero-order chi connectivity index (χ0) is 16.9. The molecule has 0 aliphatic carbocycles. The maximum atomic E-state index is 12.3. The van der Waals surface area contributed by atoms with Crippen LogP contribution < -0.4 is 5.32 Å². The Hall–Kier alpha value is -2.30. The number of aromatic amines is 1. The lowest BCUT2D eigenvalue weighted by molar-refractivity contribution is -0.129. The number of likely N-dealkylation sites (tertiary alicyclic amines) is 1.